The lowest BCUT2D eigenvalue weighted by atomic mass is 10.1. The molecule has 0 saturated carbocycles. The molecule has 0 bridgehead atoms. The van der Waals surface area contributed by atoms with E-state index in [1.54, 1.807) is 0 Å². The molecule has 0 aromatic carbocycles. The van der Waals surface area contributed by atoms with Gasteiger partial charge in [-0.05, 0) is 25.0 Å². The second-order valence-electron chi connectivity index (χ2n) is 7.03. The van der Waals surface area contributed by atoms with Gasteiger partial charge in [-0.1, -0.05) is 77.4 Å². The van der Waals surface area contributed by atoms with Crippen molar-refractivity contribution in [2.24, 2.45) is 0 Å². The monoisotopic (exact) mass is 329 g/mol. The zero-order valence-electron chi connectivity index (χ0n) is 15.5. The molecule has 0 aliphatic rings. The molecule has 0 unspecified atom stereocenters. The van der Waals surface area contributed by atoms with Crippen molar-refractivity contribution < 1.29 is 16.9 Å². The van der Waals surface area contributed by atoms with Crippen LogP contribution in [-0.4, -0.2) is 31.7 Å². The number of quaternary nitrogens is 1. The Kier molecular flexibility index (Phi) is 18.6. The van der Waals surface area contributed by atoms with Crippen LogP contribution in [0.4, 0.5) is 0 Å². The first kappa shape index (κ1) is 24.0. The fourth-order valence-corrected chi connectivity index (χ4v) is 2.65. The molecule has 1 nitrogen and oxygen atoms in total. The first-order valence-electron chi connectivity index (χ1n) is 9.20. The van der Waals surface area contributed by atoms with E-state index in [2.05, 4.69) is 39.8 Å². The van der Waals surface area contributed by atoms with Crippen molar-refractivity contribution in [2.75, 3.05) is 27.2 Å². The van der Waals surface area contributed by atoms with Gasteiger partial charge in [0, 0.05) is 0 Å². The summed E-state index contributed by atoms with van der Waals surface area (Å²) in [6.07, 6.45) is 22.2. The van der Waals surface area contributed by atoms with Crippen molar-refractivity contribution in [1.29, 1.82) is 0 Å². The maximum Gasteiger partial charge on any atom is 0.0972 e. The molecule has 22 heavy (non-hydrogen) atoms. The second-order valence-corrected chi connectivity index (χ2v) is 7.03. The van der Waals surface area contributed by atoms with Crippen LogP contribution in [-0.2, 0) is 0 Å². The molecular weight excluding hydrogens is 290 g/mol. The van der Waals surface area contributed by atoms with E-state index in [1.165, 1.54) is 70.6 Å². The van der Waals surface area contributed by atoms with Crippen LogP contribution >= 0.6 is 0 Å². The van der Waals surface area contributed by atoms with Gasteiger partial charge >= 0.3 is 0 Å². The lowest BCUT2D eigenvalue weighted by molar-refractivity contribution is -0.878. The number of unbranched alkanes of at least 4 members (excludes halogenated alkanes) is 10. The molecule has 0 fully saturated rings. The standard InChI is InChI=1S/C20H40N.ClH/c1-5-7-8-9-10-11-12-13-14-15-16-17-18-20-21(3,4)19-6-2;/h6,17-18H,2,5,7-16,19-20H2,1,3-4H3;1H/q+1;/p-1. The average Bonchev–Trinajstić information content (AvgIpc) is 2.44. The topological polar surface area (TPSA) is 0 Å². The van der Waals surface area contributed by atoms with Gasteiger partial charge in [0.05, 0.1) is 27.2 Å². The third-order valence-electron chi connectivity index (χ3n) is 4.11. The van der Waals surface area contributed by atoms with Crippen LogP contribution in [0.3, 0.4) is 0 Å². The van der Waals surface area contributed by atoms with Gasteiger partial charge in [-0.25, -0.2) is 0 Å². The fourth-order valence-electron chi connectivity index (χ4n) is 2.65. The Morgan fingerprint density at radius 3 is 1.73 bits per heavy atom. The number of rotatable bonds is 15. The largest absolute Gasteiger partial charge is 1.00 e. The third kappa shape index (κ3) is 17.8. The Balaban J connectivity index is 0. The average molecular weight is 330 g/mol. The van der Waals surface area contributed by atoms with E-state index in [0.29, 0.717) is 0 Å². The van der Waals surface area contributed by atoms with Crippen LogP contribution in [0.5, 0.6) is 0 Å². The van der Waals surface area contributed by atoms with Crippen LogP contribution in [0, 0.1) is 0 Å². The van der Waals surface area contributed by atoms with E-state index < -0.39 is 0 Å². The summed E-state index contributed by atoms with van der Waals surface area (Å²) in [5.74, 6) is 0. The molecule has 0 aliphatic carbocycles. The zero-order chi connectivity index (χ0) is 15.8. The van der Waals surface area contributed by atoms with Gasteiger partial charge in [-0.2, -0.15) is 0 Å². The van der Waals surface area contributed by atoms with E-state index in [1.807, 2.05) is 6.08 Å². The minimum absolute atomic E-state index is 0. The van der Waals surface area contributed by atoms with Crippen LogP contribution in [0.15, 0.2) is 24.8 Å². The van der Waals surface area contributed by atoms with E-state index in [4.69, 9.17) is 0 Å². The summed E-state index contributed by atoms with van der Waals surface area (Å²) in [6, 6.07) is 0. The van der Waals surface area contributed by atoms with Crippen molar-refractivity contribution in [2.45, 2.75) is 77.6 Å². The van der Waals surface area contributed by atoms with Crippen LogP contribution in [0.25, 0.3) is 0 Å². The van der Waals surface area contributed by atoms with Crippen LogP contribution in [0.1, 0.15) is 77.6 Å². The van der Waals surface area contributed by atoms with Gasteiger partial charge in [0.25, 0.3) is 0 Å². The Hall–Kier alpha value is -0.270. The molecule has 0 radical (unpaired) electrons. The van der Waals surface area contributed by atoms with Gasteiger partial charge in [0.2, 0.25) is 0 Å². The Morgan fingerprint density at radius 2 is 1.23 bits per heavy atom. The number of nitrogens with zero attached hydrogens (tertiary/aromatic N) is 1. The summed E-state index contributed by atoms with van der Waals surface area (Å²) < 4.78 is 1.01. The molecule has 0 N–H and O–H groups in total. The number of hydrogen-bond donors (Lipinski definition) is 0. The number of likely N-dealkylation sites (N-methyl/N-ethyl adjacent to an activating group) is 1. The minimum atomic E-state index is 0. The summed E-state index contributed by atoms with van der Waals surface area (Å²) in [5, 5.41) is 0. The molecule has 0 atom stereocenters. The molecule has 0 aromatic heterocycles. The maximum absolute atomic E-state index is 3.82. The van der Waals surface area contributed by atoms with Gasteiger partial charge in [-0.15, -0.1) is 0 Å². The van der Waals surface area contributed by atoms with Crippen molar-refractivity contribution in [3.8, 4) is 0 Å². The van der Waals surface area contributed by atoms with Crippen molar-refractivity contribution in [3.63, 3.8) is 0 Å². The maximum atomic E-state index is 3.82. The van der Waals surface area contributed by atoms with Crippen molar-refractivity contribution in [1.82, 2.24) is 0 Å². The SMILES string of the molecule is C=CC[N+](C)(C)CC=CCCCCCCCCCCCC.[Cl-]. The Bertz CT molecular complexity index is 258. The first-order valence-corrected chi connectivity index (χ1v) is 9.20. The normalized spacial score (nSPS) is 11.6. The quantitative estimate of drug-likeness (QED) is 0.246. The fraction of sp³-hybridized carbons (Fsp3) is 0.800. The molecule has 0 aliphatic heterocycles. The van der Waals surface area contributed by atoms with E-state index >= 15 is 0 Å². The summed E-state index contributed by atoms with van der Waals surface area (Å²) in [4.78, 5) is 0. The first-order chi connectivity index (χ1) is 10.1. The smallest absolute Gasteiger partial charge is 0.0972 e. The Morgan fingerprint density at radius 1 is 0.727 bits per heavy atom. The Labute approximate surface area is 146 Å². The van der Waals surface area contributed by atoms with Crippen LogP contribution < -0.4 is 12.4 Å². The zero-order valence-corrected chi connectivity index (χ0v) is 16.2. The highest BCUT2D eigenvalue weighted by molar-refractivity contribution is 4.82. The predicted molar refractivity (Wildman–Crippen MR) is 97.6 cm³/mol. The van der Waals surface area contributed by atoms with Gasteiger partial charge in [0.15, 0.2) is 0 Å². The molecular formula is C20H40ClN. The highest BCUT2D eigenvalue weighted by atomic mass is 35.5. The van der Waals surface area contributed by atoms with Gasteiger partial charge in [-0.3, -0.25) is 0 Å². The summed E-state index contributed by atoms with van der Waals surface area (Å²) >= 11 is 0. The van der Waals surface area contributed by atoms with Crippen LogP contribution in [0.2, 0.25) is 0 Å². The lowest BCUT2D eigenvalue weighted by Crippen LogP contribution is -3.00. The van der Waals surface area contributed by atoms with Gasteiger partial charge in [0.1, 0.15) is 0 Å². The van der Waals surface area contributed by atoms with Gasteiger partial charge < -0.3 is 16.9 Å². The number of halogens is 1. The minimum Gasteiger partial charge on any atom is -1.00 e. The molecule has 0 saturated heterocycles. The number of allylic oxidation sites excluding steroid dienone is 1. The molecule has 132 valence electrons. The summed E-state index contributed by atoms with van der Waals surface area (Å²) in [6.45, 7) is 8.26. The van der Waals surface area contributed by atoms with Crippen molar-refractivity contribution >= 4 is 0 Å². The summed E-state index contributed by atoms with van der Waals surface area (Å²) in [5.41, 5.74) is 0. The highest BCUT2D eigenvalue weighted by Crippen LogP contribution is 2.11. The predicted octanol–water partition coefficient (Wildman–Crippen LogP) is 3.12. The lowest BCUT2D eigenvalue weighted by Gasteiger charge is -2.26. The molecule has 0 heterocycles. The van der Waals surface area contributed by atoms with E-state index in [9.17, 15) is 0 Å². The molecule has 0 spiro atoms. The molecule has 0 amide bonds. The molecule has 0 rings (SSSR count). The third-order valence-corrected chi connectivity index (χ3v) is 4.11. The molecule has 0 aromatic rings. The highest BCUT2D eigenvalue weighted by Gasteiger charge is 2.08. The second kappa shape index (κ2) is 17.1. The number of hydrogen-bond acceptors (Lipinski definition) is 0. The van der Waals surface area contributed by atoms with E-state index in [-0.39, 0.29) is 12.4 Å². The molecule has 2 heteroatoms. The summed E-state index contributed by atoms with van der Waals surface area (Å²) in [7, 11) is 4.51. The van der Waals surface area contributed by atoms with E-state index in [0.717, 1.165) is 17.6 Å². The van der Waals surface area contributed by atoms with Crippen molar-refractivity contribution in [3.05, 3.63) is 24.8 Å².